The molecule has 1 aromatic heterocycles. The molecule has 0 amide bonds. The van der Waals surface area contributed by atoms with Crippen LogP contribution in [0.3, 0.4) is 0 Å². The number of ether oxygens (including phenoxy) is 2. The number of anilines is 1. The van der Waals surface area contributed by atoms with Crippen molar-refractivity contribution in [1.29, 1.82) is 0 Å². The number of aromatic amines is 1. The molecule has 2 aromatic carbocycles. The molecule has 1 heterocycles. The Morgan fingerprint density at radius 2 is 1.93 bits per heavy atom. The lowest BCUT2D eigenvalue weighted by molar-refractivity contribution is 0.355. The Morgan fingerprint density at radius 1 is 1.19 bits per heavy atom. The first-order valence-corrected chi connectivity index (χ1v) is 8.09. The number of nitrogens with two attached hydrogens (primary N) is 1. The quantitative estimate of drug-likeness (QED) is 0.284. The molecule has 0 fully saturated rings. The maximum Gasteiger partial charge on any atom is 0.326 e. The summed E-state index contributed by atoms with van der Waals surface area (Å²) < 4.78 is 12.1. The van der Waals surface area contributed by atoms with Gasteiger partial charge in [0, 0.05) is 18.3 Å². The fourth-order valence-electron chi connectivity index (χ4n) is 2.70. The molecule has 0 radical (unpaired) electrons. The maximum absolute atomic E-state index is 12.0. The van der Waals surface area contributed by atoms with Crippen LogP contribution in [0.4, 0.5) is 5.69 Å². The molecule has 144 valence electrons. The molecule has 0 aliphatic heterocycles. The number of methoxy groups -OCH3 is 2. The van der Waals surface area contributed by atoms with Crippen molar-refractivity contribution in [3.63, 3.8) is 0 Å². The number of H-pyrrole nitrogens is 1. The van der Waals surface area contributed by atoms with Crippen molar-refractivity contribution in [2.24, 2.45) is 10.7 Å². The average molecular weight is 483 g/mol. The molecule has 27 heavy (non-hydrogen) atoms. The van der Waals surface area contributed by atoms with Crippen molar-refractivity contribution < 1.29 is 9.47 Å². The van der Waals surface area contributed by atoms with Crippen LogP contribution < -0.4 is 26.2 Å². The van der Waals surface area contributed by atoms with E-state index < -0.39 is 0 Å². The number of nitrogens with one attached hydrogen (secondary N) is 2. The molecule has 0 unspecified atom stereocenters. The van der Waals surface area contributed by atoms with E-state index in [2.05, 4.69) is 15.3 Å². The minimum atomic E-state index is -0.159. The zero-order chi connectivity index (χ0) is 18.5. The summed E-state index contributed by atoms with van der Waals surface area (Å²) in [6.07, 6.45) is 0. The summed E-state index contributed by atoms with van der Waals surface area (Å²) in [7, 11) is 3.14. The highest BCUT2D eigenvalue weighted by molar-refractivity contribution is 14.0. The van der Waals surface area contributed by atoms with Crippen LogP contribution in [-0.2, 0) is 6.54 Å². The van der Waals surface area contributed by atoms with E-state index in [0.717, 1.165) is 16.7 Å². The van der Waals surface area contributed by atoms with Gasteiger partial charge in [0.15, 0.2) is 17.5 Å². The third-order valence-electron chi connectivity index (χ3n) is 3.94. The summed E-state index contributed by atoms with van der Waals surface area (Å²) in [4.78, 5) is 19.1. The van der Waals surface area contributed by atoms with Crippen molar-refractivity contribution in [3.8, 4) is 11.5 Å². The van der Waals surface area contributed by atoms with Crippen molar-refractivity contribution in [1.82, 2.24) is 9.55 Å². The number of para-hydroxylation sites is 2. The van der Waals surface area contributed by atoms with E-state index in [9.17, 15) is 4.79 Å². The largest absolute Gasteiger partial charge is 0.493 e. The standard InChI is InChI=1S/C18H21N5O3.HI/c1-25-15-8-7-12(11-16(15)26-2)21-17(19)20-9-10-23-14-6-4-3-5-13(14)22-18(23)24;/h3-8,11H,9-10H2,1-2H3,(H,22,24)(H3,19,20,21);1H. The highest BCUT2D eigenvalue weighted by Gasteiger charge is 2.06. The molecule has 0 saturated carbocycles. The van der Waals surface area contributed by atoms with Gasteiger partial charge in [-0.25, -0.2) is 4.79 Å². The second-order valence-corrected chi connectivity index (χ2v) is 5.56. The van der Waals surface area contributed by atoms with Gasteiger partial charge in [0.05, 0.1) is 31.8 Å². The summed E-state index contributed by atoms with van der Waals surface area (Å²) in [6, 6.07) is 12.9. The van der Waals surface area contributed by atoms with Crippen LogP contribution in [0.1, 0.15) is 0 Å². The van der Waals surface area contributed by atoms with Crippen molar-refractivity contribution in [2.75, 3.05) is 26.1 Å². The van der Waals surface area contributed by atoms with E-state index >= 15 is 0 Å². The Hall–Kier alpha value is -2.69. The summed E-state index contributed by atoms with van der Waals surface area (Å²) in [5.74, 6) is 1.48. The van der Waals surface area contributed by atoms with Crippen molar-refractivity contribution in [2.45, 2.75) is 6.54 Å². The molecule has 3 rings (SSSR count). The van der Waals surface area contributed by atoms with Crippen LogP contribution >= 0.6 is 24.0 Å². The van der Waals surface area contributed by atoms with Gasteiger partial charge >= 0.3 is 5.69 Å². The number of guanidine groups is 1. The summed E-state index contributed by atoms with van der Waals surface area (Å²) in [5.41, 5.74) is 8.15. The van der Waals surface area contributed by atoms with Gasteiger partial charge < -0.3 is 25.5 Å². The monoisotopic (exact) mass is 483 g/mol. The SMILES string of the molecule is COc1ccc(NC(N)=NCCn2c(=O)[nH]c3ccccc32)cc1OC.I. The second kappa shape index (κ2) is 9.31. The Morgan fingerprint density at radius 3 is 2.67 bits per heavy atom. The van der Waals surface area contributed by atoms with Gasteiger partial charge in [0.2, 0.25) is 0 Å². The lowest BCUT2D eigenvalue weighted by Crippen LogP contribution is -2.24. The van der Waals surface area contributed by atoms with Crippen LogP contribution in [0.5, 0.6) is 11.5 Å². The van der Waals surface area contributed by atoms with Gasteiger partial charge in [-0.1, -0.05) is 12.1 Å². The molecule has 8 nitrogen and oxygen atoms in total. The lowest BCUT2D eigenvalue weighted by Gasteiger charge is -2.11. The van der Waals surface area contributed by atoms with Crippen LogP contribution in [0.2, 0.25) is 0 Å². The molecule has 0 saturated heterocycles. The van der Waals surface area contributed by atoms with E-state index in [1.807, 2.05) is 30.3 Å². The van der Waals surface area contributed by atoms with E-state index in [1.165, 1.54) is 0 Å². The van der Waals surface area contributed by atoms with Crippen molar-refractivity contribution >= 4 is 46.7 Å². The van der Waals surface area contributed by atoms with Gasteiger partial charge in [-0.15, -0.1) is 24.0 Å². The summed E-state index contributed by atoms with van der Waals surface area (Å²) in [6.45, 7) is 0.797. The fraction of sp³-hybridized carbons (Fsp3) is 0.222. The molecule has 3 aromatic rings. The van der Waals surface area contributed by atoms with E-state index in [4.69, 9.17) is 15.2 Å². The Bertz CT molecular complexity index is 996. The van der Waals surface area contributed by atoms with Gasteiger partial charge in [0.1, 0.15) is 0 Å². The highest BCUT2D eigenvalue weighted by Crippen LogP contribution is 2.29. The third kappa shape index (κ3) is 4.73. The number of nitrogens with zero attached hydrogens (tertiary/aromatic N) is 2. The van der Waals surface area contributed by atoms with Crippen molar-refractivity contribution in [3.05, 3.63) is 52.9 Å². The van der Waals surface area contributed by atoms with Crippen LogP contribution in [-0.4, -0.2) is 36.3 Å². The predicted octanol–water partition coefficient (Wildman–Crippen LogP) is 2.39. The molecule has 4 N–H and O–H groups in total. The van der Waals surface area contributed by atoms with E-state index in [-0.39, 0.29) is 35.6 Å². The predicted molar refractivity (Wildman–Crippen MR) is 118 cm³/mol. The number of aliphatic imine (C=N–C) groups is 1. The number of fused-ring (bicyclic) bond motifs is 1. The maximum atomic E-state index is 12.0. The molecule has 0 aliphatic carbocycles. The third-order valence-corrected chi connectivity index (χ3v) is 3.94. The van der Waals surface area contributed by atoms with Crippen LogP contribution in [0, 0.1) is 0 Å². The molecule has 0 bridgehead atoms. The van der Waals surface area contributed by atoms with Gasteiger partial charge in [0.25, 0.3) is 0 Å². The van der Waals surface area contributed by atoms with Crippen LogP contribution in [0.15, 0.2) is 52.3 Å². The zero-order valence-electron chi connectivity index (χ0n) is 15.1. The highest BCUT2D eigenvalue weighted by atomic mass is 127. The zero-order valence-corrected chi connectivity index (χ0v) is 17.4. The average Bonchev–Trinajstić information content (AvgIpc) is 2.97. The summed E-state index contributed by atoms with van der Waals surface area (Å²) in [5, 5.41) is 3.00. The number of imidazole rings is 1. The fourth-order valence-corrected chi connectivity index (χ4v) is 2.70. The molecule has 0 spiro atoms. The number of rotatable bonds is 6. The molecule has 9 heteroatoms. The minimum absolute atomic E-state index is 0. The number of hydrogen-bond donors (Lipinski definition) is 3. The van der Waals surface area contributed by atoms with Crippen LogP contribution in [0.25, 0.3) is 11.0 Å². The normalized spacial score (nSPS) is 11.1. The molecule has 0 atom stereocenters. The van der Waals surface area contributed by atoms with E-state index in [1.54, 1.807) is 30.9 Å². The second-order valence-electron chi connectivity index (χ2n) is 5.56. The van der Waals surface area contributed by atoms with Gasteiger partial charge in [-0.05, 0) is 24.3 Å². The Balaban J connectivity index is 0.00000261. The number of halogens is 1. The smallest absolute Gasteiger partial charge is 0.326 e. The first-order chi connectivity index (χ1) is 12.6. The first-order valence-electron chi connectivity index (χ1n) is 8.09. The summed E-state index contributed by atoms with van der Waals surface area (Å²) >= 11 is 0. The molecule has 0 aliphatic rings. The molecular formula is C18H22IN5O3. The number of hydrogen-bond acceptors (Lipinski definition) is 4. The number of benzene rings is 2. The Kier molecular flexibility index (Phi) is 7.11. The Labute approximate surface area is 173 Å². The van der Waals surface area contributed by atoms with Gasteiger partial charge in [-0.2, -0.15) is 0 Å². The topological polar surface area (TPSA) is 107 Å². The lowest BCUT2D eigenvalue weighted by atomic mass is 10.3. The molecular weight excluding hydrogens is 461 g/mol. The van der Waals surface area contributed by atoms with E-state index in [0.29, 0.717) is 24.6 Å². The van der Waals surface area contributed by atoms with Gasteiger partial charge in [-0.3, -0.25) is 9.56 Å². The minimum Gasteiger partial charge on any atom is -0.493 e. The number of aromatic nitrogens is 2. The first kappa shape index (κ1) is 20.6.